The van der Waals surface area contributed by atoms with E-state index in [1.54, 1.807) is 12.1 Å². The van der Waals surface area contributed by atoms with E-state index in [2.05, 4.69) is 0 Å². The Kier molecular flexibility index (Phi) is 8.11. The van der Waals surface area contributed by atoms with Crippen molar-refractivity contribution in [2.45, 2.75) is 37.8 Å². The van der Waals surface area contributed by atoms with E-state index >= 15 is 8.78 Å². The van der Waals surface area contributed by atoms with E-state index in [1.807, 2.05) is 0 Å². The highest BCUT2D eigenvalue weighted by Gasteiger charge is 2.43. The summed E-state index contributed by atoms with van der Waals surface area (Å²) in [4.78, 5) is 43.5. The number of furan rings is 2. The number of carbonyl (C=O) groups excluding carboxylic acids is 3. The highest BCUT2D eigenvalue weighted by atomic mass is 19.1. The van der Waals surface area contributed by atoms with Gasteiger partial charge in [0.1, 0.15) is 29.1 Å². The van der Waals surface area contributed by atoms with Crippen LogP contribution in [-0.2, 0) is 4.79 Å². The van der Waals surface area contributed by atoms with E-state index in [0.717, 1.165) is 24.3 Å². The Labute approximate surface area is 250 Å². The number of carbonyl (C=O) groups is 3. The molecule has 2 amide bonds. The van der Waals surface area contributed by atoms with Crippen molar-refractivity contribution in [1.82, 2.24) is 9.80 Å². The molecule has 2 aliphatic heterocycles. The van der Waals surface area contributed by atoms with Gasteiger partial charge < -0.3 is 18.6 Å². The molecule has 4 heterocycles. The van der Waals surface area contributed by atoms with Gasteiger partial charge >= 0.3 is 0 Å². The fourth-order valence-electron chi connectivity index (χ4n) is 6.48. The first-order chi connectivity index (χ1) is 21.2. The monoisotopic (exact) mass is 608 g/mol. The van der Waals surface area contributed by atoms with Crippen LogP contribution < -0.4 is 0 Å². The van der Waals surface area contributed by atoms with Crippen molar-refractivity contribution in [1.29, 1.82) is 0 Å². The molecule has 4 atom stereocenters. The number of halogens is 4. The fraction of sp³-hybridized carbons (Fsp3) is 0.303. The number of amides is 2. The van der Waals surface area contributed by atoms with Gasteiger partial charge in [-0.15, -0.1) is 0 Å². The summed E-state index contributed by atoms with van der Waals surface area (Å²) in [5.74, 6) is -5.41. The van der Waals surface area contributed by atoms with E-state index < -0.39 is 59.0 Å². The third-order valence-corrected chi connectivity index (χ3v) is 8.64. The Morgan fingerprint density at radius 2 is 1.07 bits per heavy atom. The summed E-state index contributed by atoms with van der Waals surface area (Å²) < 4.78 is 68.2. The maximum absolute atomic E-state index is 15.0. The third-order valence-electron chi connectivity index (χ3n) is 8.64. The molecule has 4 aromatic rings. The van der Waals surface area contributed by atoms with Crippen LogP contribution in [0.1, 0.15) is 70.0 Å². The van der Waals surface area contributed by atoms with E-state index in [4.69, 9.17) is 8.83 Å². The first-order valence-corrected chi connectivity index (χ1v) is 14.3. The van der Waals surface area contributed by atoms with Crippen LogP contribution in [0, 0.1) is 35.1 Å². The van der Waals surface area contributed by atoms with Crippen LogP contribution >= 0.6 is 0 Å². The molecule has 0 bridgehead atoms. The lowest BCUT2D eigenvalue weighted by molar-refractivity contribution is -0.131. The highest BCUT2D eigenvalue weighted by Crippen LogP contribution is 2.42. The summed E-state index contributed by atoms with van der Waals surface area (Å²) in [5.41, 5.74) is 0.155. The van der Waals surface area contributed by atoms with Crippen molar-refractivity contribution in [2.75, 3.05) is 13.1 Å². The second-order valence-electron chi connectivity index (χ2n) is 11.2. The molecular weight excluding hydrogens is 580 g/mol. The molecule has 44 heavy (non-hydrogen) atoms. The average molecular weight is 609 g/mol. The van der Waals surface area contributed by atoms with Crippen LogP contribution in [0.3, 0.4) is 0 Å². The lowest BCUT2D eigenvalue weighted by Gasteiger charge is -2.42. The maximum Gasteiger partial charge on any atom is 0.290 e. The molecule has 11 heteroatoms. The van der Waals surface area contributed by atoms with Crippen molar-refractivity contribution < 1.29 is 40.8 Å². The zero-order chi connectivity index (χ0) is 31.0. The Bertz CT molecular complexity index is 1550. The fourth-order valence-corrected chi connectivity index (χ4v) is 6.48. The van der Waals surface area contributed by atoms with Crippen molar-refractivity contribution in [3.63, 3.8) is 0 Å². The minimum atomic E-state index is -0.873. The number of likely N-dealkylation sites (tertiary alicyclic amines) is 2. The Morgan fingerprint density at radius 3 is 1.43 bits per heavy atom. The average Bonchev–Trinajstić information content (AvgIpc) is 3.75. The SMILES string of the molecule is O=C(C1CCN(C(=O)c2ccco2)C(c2ccc(F)cc2F)C1)C1CCN(C(=O)c2ccco2)C(c2ccc(F)cc2F)C1. The zero-order valence-corrected chi connectivity index (χ0v) is 23.4. The minimum Gasteiger partial charge on any atom is -0.459 e. The van der Waals surface area contributed by atoms with Crippen LogP contribution in [0.25, 0.3) is 0 Å². The predicted molar refractivity (Wildman–Crippen MR) is 148 cm³/mol. The van der Waals surface area contributed by atoms with Gasteiger partial charge in [0.25, 0.3) is 11.8 Å². The number of rotatable bonds is 6. The molecule has 0 aliphatic carbocycles. The Morgan fingerprint density at radius 1 is 0.636 bits per heavy atom. The Hall–Kier alpha value is -4.67. The molecule has 0 spiro atoms. The number of piperidine rings is 2. The highest BCUT2D eigenvalue weighted by molar-refractivity contribution is 5.93. The van der Waals surface area contributed by atoms with E-state index in [0.29, 0.717) is 0 Å². The van der Waals surface area contributed by atoms with Crippen molar-refractivity contribution in [3.05, 3.63) is 119 Å². The predicted octanol–water partition coefficient (Wildman–Crippen LogP) is 6.89. The smallest absolute Gasteiger partial charge is 0.290 e. The van der Waals surface area contributed by atoms with Gasteiger partial charge in [-0.1, -0.05) is 12.1 Å². The summed E-state index contributed by atoms with van der Waals surface area (Å²) in [6.45, 7) is 0.229. The molecule has 2 aromatic heterocycles. The molecular formula is C33H28F4N2O5. The molecule has 4 unspecified atom stereocenters. The standard InChI is InChI=1S/C33H28F4N2O5/c34-21-5-7-23(25(36)17-21)27-15-19(9-11-38(27)32(41)29-3-1-13-43-29)31(40)20-10-12-39(33(42)30-4-2-14-44-30)28(16-20)24-8-6-22(35)18-26(24)37/h1-8,13-14,17-20,27-28H,9-12,15-16H2. The van der Waals surface area contributed by atoms with Crippen molar-refractivity contribution in [3.8, 4) is 0 Å². The van der Waals surface area contributed by atoms with Gasteiger partial charge in [0, 0.05) is 48.2 Å². The van der Waals surface area contributed by atoms with Crippen LogP contribution in [0.2, 0.25) is 0 Å². The second-order valence-corrected chi connectivity index (χ2v) is 11.2. The summed E-state index contributed by atoms with van der Waals surface area (Å²) in [6, 6.07) is 10.6. The molecule has 0 N–H and O–H groups in total. The normalized spacial score (nSPS) is 22.2. The summed E-state index contributed by atoms with van der Waals surface area (Å²) in [7, 11) is 0. The largest absolute Gasteiger partial charge is 0.459 e. The molecule has 0 saturated carbocycles. The summed E-state index contributed by atoms with van der Waals surface area (Å²) in [5, 5.41) is 0. The van der Waals surface area contributed by atoms with Crippen molar-refractivity contribution in [2.24, 2.45) is 11.8 Å². The summed E-state index contributed by atoms with van der Waals surface area (Å²) >= 11 is 0. The van der Waals surface area contributed by atoms with Gasteiger partial charge in [0.15, 0.2) is 11.5 Å². The summed E-state index contributed by atoms with van der Waals surface area (Å²) in [6.07, 6.45) is 3.42. The van der Waals surface area contributed by atoms with Crippen LogP contribution in [0.4, 0.5) is 17.6 Å². The van der Waals surface area contributed by atoms with Crippen LogP contribution in [-0.4, -0.2) is 40.5 Å². The van der Waals surface area contributed by atoms with Gasteiger partial charge in [-0.05, 0) is 62.1 Å². The third kappa shape index (κ3) is 5.66. The molecule has 7 nitrogen and oxygen atoms in total. The molecule has 0 radical (unpaired) electrons. The molecule has 6 rings (SSSR count). The van der Waals surface area contributed by atoms with Gasteiger partial charge in [0.2, 0.25) is 0 Å². The molecule has 2 aromatic carbocycles. The quantitative estimate of drug-likeness (QED) is 0.223. The van der Waals surface area contributed by atoms with E-state index in [9.17, 15) is 23.2 Å². The first kappa shape index (κ1) is 29.4. The van der Waals surface area contributed by atoms with Gasteiger partial charge in [0.05, 0.1) is 24.6 Å². The number of Topliss-reactive ketones (excluding diaryl/α,β-unsaturated/α-hetero) is 1. The van der Waals surface area contributed by atoms with Crippen molar-refractivity contribution >= 4 is 17.6 Å². The number of hydrogen-bond donors (Lipinski definition) is 0. The lowest BCUT2D eigenvalue weighted by atomic mass is 9.75. The van der Waals surface area contributed by atoms with E-state index in [-0.39, 0.29) is 67.2 Å². The molecule has 228 valence electrons. The molecule has 2 fully saturated rings. The number of ketones is 1. The lowest BCUT2D eigenvalue weighted by Crippen LogP contribution is -2.46. The minimum absolute atomic E-state index is 0.0556. The number of nitrogens with zero attached hydrogens (tertiary/aromatic N) is 2. The zero-order valence-electron chi connectivity index (χ0n) is 23.4. The number of benzene rings is 2. The maximum atomic E-state index is 15.0. The topological polar surface area (TPSA) is 84.0 Å². The molecule has 2 aliphatic rings. The first-order valence-electron chi connectivity index (χ1n) is 14.3. The van der Waals surface area contributed by atoms with E-state index in [1.165, 1.54) is 46.6 Å². The van der Waals surface area contributed by atoms with Gasteiger partial charge in [-0.25, -0.2) is 17.6 Å². The van der Waals surface area contributed by atoms with Gasteiger partial charge in [-0.2, -0.15) is 0 Å². The van der Waals surface area contributed by atoms with Crippen LogP contribution in [0.15, 0.2) is 82.0 Å². The van der Waals surface area contributed by atoms with Gasteiger partial charge in [-0.3, -0.25) is 14.4 Å². The second kappa shape index (κ2) is 12.1. The number of hydrogen-bond acceptors (Lipinski definition) is 5. The molecule has 2 saturated heterocycles. The Balaban J connectivity index is 1.27. The van der Waals surface area contributed by atoms with Crippen LogP contribution in [0.5, 0.6) is 0 Å².